The molecule has 0 fully saturated rings. The monoisotopic (exact) mass is 514 g/mol. The molecule has 0 aliphatic heterocycles. The maximum absolute atomic E-state index is 11.9. The number of nitrogens with one attached hydrogen (secondary N) is 1. The first kappa shape index (κ1) is 26.6. The smallest absolute Gasteiger partial charge is 0.321 e. The zero-order chi connectivity index (χ0) is 26.6. The molecule has 3 aromatic carbocycles. The Morgan fingerprint density at radius 2 is 1.62 bits per heavy atom. The number of nitrogens with zero attached hydrogens (tertiary/aromatic N) is 3. The molecule has 0 radical (unpaired) electrons. The van der Waals surface area contributed by atoms with E-state index in [9.17, 15) is 9.90 Å². The fourth-order valence-corrected chi connectivity index (χ4v) is 4.66. The third-order valence-electron chi connectivity index (χ3n) is 6.34. The van der Waals surface area contributed by atoms with Gasteiger partial charge in [0.2, 0.25) is 0 Å². The summed E-state index contributed by atoms with van der Waals surface area (Å²) in [6.07, 6.45) is 2.28. The second kappa shape index (κ2) is 11.3. The number of carboxylic acids is 1. The first-order valence-corrected chi connectivity index (χ1v) is 13.3. The lowest BCUT2D eigenvalue weighted by Gasteiger charge is -2.19. The first-order chi connectivity index (χ1) is 17.6. The second-order valence-electron chi connectivity index (χ2n) is 10.6. The highest BCUT2D eigenvalue weighted by Gasteiger charge is 2.18. The summed E-state index contributed by atoms with van der Waals surface area (Å²) in [7, 11) is 0. The lowest BCUT2D eigenvalue weighted by atomic mass is 9.87. The molecule has 37 heavy (non-hydrogen) atoms. The summed E-state index contributed by atoms with van der Waals surface area (Å²) in [5.74, 6) is -0.415. The van der Waals surface area contributed by atoms with Gasteiger partial charge in [0.15, 0.2) is 0 Å². The number of hydrogen-bond donors (Lipinski definition) is 2. The topological polar surface area (TPSA) is 80.0 Å². The van der Waals surface area contributed by atoms with Crippen LogP contribution in [0.5, 0.6) is 0 Å². The number of aliphatic carboxylic acids is 1. The average Bonchev–Trinajstić information content (AvgIpc) is 3.37. The molecule has 6 nitrogen and oxygen atoms in total. The average molecular weight is 515 g/mol. The maximum Gasteiger partial charge on any atom is 0.321 e. The van der Waals surface area contributed by atoms with Gasteiger partial charge in [-0.25, -0.2) is 9.40 Å². The molecule has 0 saturated heterocycles. The highest BCUT2D eigenvalue weighted by molar-refractivity contribution is 7.97. The number of hydrogen-bond acceptors (Lipinski definition) is 5. The van der Waals surface area contributed by atoms with Crippen molar-refractivity contribution in [2.75, 3.05) is 0 Å². The molecule has 2 N–H and O–H groups in total. The van der Waals surface area contributed by atoms with Crippen molar-refractivity contribution in [3.63, 3.8) is 0 Å². The van der Waals surface area contributed by atoms with E-state index < -0.39 is 12.0 Å². The van der Waals surface area contributed by atoms with Crippen LogP contribution in [0.15, 0.2) is 83.9 Å². The van der Waals surface area contributed by atoms with Crippen LogP contribution in [-0.4, -0.2) is 32.1 Å². The van der Waals surface area contributed by atoms with Gasteiger partial charge in [0.1, 0.15) is 11.7 Å². The van der Waals surface area contributed by atoms with Crippen LogP contribution in [0.2, 0.25) is 0 Å². The van der Waals surface area contributed by atoms with E-state index in [2.05, 4.69) is 86.1 Å². The van der Waals surface area contributed by atoms with E-state index in [0.29, 0.717) is 12.3 Å². The van der Waals surface area contributed by atoms with E-state index in [4.69, 9.17) is 0 Å². The van der Waals surface area contributed by atoms with Crippen molar-refractivity contribution in [3.05, 3.63) is 95.7 Å². The number of aromatic nitrogens is 3. The van der Waals surface area contributed by atoms with Gasteiger partial charge in [0, 0.05) is 10.5 Å². The summed E-state index contributed by atoms with van der Waals surface area (Å²) in [5, 5.41) is 18.4. The van der Waals surface area contributed by atoms with Crippen molar-refractivity contribution in [3.8, 4) is 16.9 Å². The van der Waals surface area contributed by atoms with Crippen LogP contribution in [0.3, 0.4) is 0 Å². The van der Waals surface area contributed by atoms with Crippen molar-refractivity contribution in [1.82, 2.24) is 19.7 Å². The molecule has 0 saturated carbocycles. The van der Waals surface area contributed by atoms with Crippen LogP contribution in [0, 0.1) is 0 Å². The van der Waals surface area contributed by atoms with Crippen LogP contribution in [-0.2, 0) is 16.6 Å². The summed E-state index contributed by atoms with van der Waals surface area (Å²) in [6, 6.07) is 23.7. The van der Waals surface area contributed by atoms with E-state index >= 15 is 0 Å². The molecule has 0 bridgehead atoms. The number of carboxylic acid groups (broad SMARTS) is 1. The van der Waals surface area contributed by atoms with Crippen LogP contribution < -0.4 is 4.72 Å². The molecule has 0 amide bonds. The van der Waals surface area contributed by atoms with E-state index in [1.54, 1.807) is 4.68 Å². The maximum atomic E-state index is 11.9. The zero-order valence-electron chi connectivity index (χ0n) is 22.0. The van der Waals surface area contributed by atoms with Gasteiger partial charge < -0.3 is 5.11 Å². The highest BCUT2D eigenvalue weighted by Crippen LogP contribution is 2.25. The quantitative estimate of drug-likeness (QED) is 0.244. The Morgan fingerprint density at radius 3 is 2.19 bits per heavy atom. The van der Waals surface area contributed by atoms with Crippen molar-refractivity contribution in [2.45, 2.75) is 63.3 Å². The summed E-state index contributed by atoms with van der Waals surface area (Å²) < 4.78 is 4.87. The Hall–Kier alpha value is -3.42. The van der Waals surface area contributed by atoms with Crippen LogP contribution in [0.1, 0.15) is 57.2 Å². The van der Waals surface area contributed by atoms with Gasteiger partial charge in [-0.3, -0.25) is 4.79 Å². The van der Waals surface area contributed by atoms with Gasteiger partial charge in [0.05, 0.1) is 11.9 Å². The molecule has 0 spiro atoms. The third-order valence-corrected chi connectivity index (χ3v) is 7.25. The van der Waals surface area contributed by atoms with Crippen molar-refractivity contribution in [1.29, 1.82) is 0 Å². The fraction of sp³-hybridized carbons (Fsp3) is 0.300. The molecular weight excluding hydrogens is 480 g/mol. The Morgan fingerprint density at radius 1 is 0.973 bits per heavy atom. The van der Waals surface area contributed by atoms with Crippen LogP contribution >= 0.6 is 11.9 Å². The van der Waals surface area contributed by atoms with Gasteiger partial charge >= 0.3 is 5.97 Å². The Balaban J connectivity index is 1.39. The molecule has 1 heterocycles. The summed E-state index contributed by atoms with van der Waals surface area (Å²) in [5.41, 5.74) is 6.21. The van der Waals surface area contributed by atoms with Crippen LogP contribution in [0.4, 0.5) is 0 Å². The Labute approximate surface area is 223 Å². The Bertz CT molecular complexity index is 1320. The number of carbonyl (C=O) groups is 1. The van der Waals surface area contributed by atoms with E-state index in [1.807, 2.05) is 42.6 Å². The zero-order valence-corrected chi connectivity index (χ0v) is 22.8. The summed E-state index contributed by atoms with van der Waals surface area (Å²) >= 11 is 1.35. The molecule has 0 aliphatic rings. The molecular formula is C30H34N4O2S. The minimum absolute atomic E-state index is 0.0979. The summed E-state index contributed by atoms with van der Waals surface area (Å²) in [4.78, 5) is 12.9. The Kier molecular flexibility index (Phi) is 8.15. The molecule has 4 rings (SSSR count). The first-order valence-electron chi connectivity index (χ1n) is 12.5. The van der Waals surface area contributed by atoms with Crippen molar-refractivity contribution < 1.29 is 9.90 Å². The summed E-state index contributed by atoms with van der Waals surface area (Å²) in [6.45, 7) is 10.9. The minimum Gasteiger partial charge on any atom is -0.480 e. The van der Waals surface area contributed by atoms with Gasteiger partial charge in [-0.15, -0.1) is 5.10 Å². The minimum atomic E-state index is -0.879. The highest BCUT2D eigenvalue weighted by atomic mass is 32.2. The van der Waals surface area contributed by atoms with E-state index in [1.165, 1.54) is 23.1 Å². The normalized spacial score (nSPS) is 12.6. The van der Waals surface area contributed by atoms with Crippen molar-refractivity contribution >= 4 is 17.9 Å². The molecule has 7 heteroatoms. The predicted molar refractivity (Wildman–Crippen MR) is 150 cm³/mol. The van der Waals surface area contributed by atoms with Gasteiger partial charge in [-0.2, -0.15) is 0 Å². The third kappa shape index (κ3) is 6.87. The van der Waals surface area contributed by atoms with Crippen LogP contribution in [0.25, 0.3) is 16.9 Å². The van der Waals surface area contributed by atoms with E-state index in [-0.39, 0.29) is 5.41 Å². The second-order valence-corrected chi connectivity index (χ2v) is 11.5. The SMILES string of the molecule is CC(C)c1ccc(SNC(Cc2ccc(-c3cn(-c4ccc(C(C)(C)C)cc4)nn3)cc2)C(=O)O)cc1. The van der Waals surface area contributed by atoms with E-state index in [0.717, 1.165) is 27.4 Å². The molecule has 1 aromatic heterocycles. The van der Waals surface area contributed by atoms with Gasteiger partial charge in [-0.05, 0) is 70.7 Å². The largest absolute Gasteiger partial charge is 0.480 e. The molecule has 0 aliphatic carbocycles. The lowest BCUT2D eigenvalue weighted by Crippen LogP contribution is -2.34. The molecule has 1 atom stereocenters. The number of benzene rings is 3. The fourth-order valence-electron chi connectivity index (χ4n) is 3.92. The number of rotatable bonds is 9. The van der Waals surface area contributed by atoms with Crippen molar-refractivity contribution in [2.24, 2.45) is 0 Å². The standard InChI is InChI=1S/C30H34N4O2S/c1-20(2)22-10-16-26(17-11-22)37-32-27(29(35)36)18-21-6-8-23(9-7-21)28-19-34(33-31-28)25-14-12-24(13-15-25)30(3,4)5/h6-17,19-20,27,32H,18H2,1-5H3,(H,35,36). The van der Waals surface area contributed by atoms with Gasteiger partial charge in [-0.1, -0.05) is 88.4 Å². The predicted octanol–water partition coefficient (Wildman–Crippen LogP) is 6.65. The molecule has 192 valence electrons. The molecule has 1 unspecified atom stereocenters. The molecule has 4 aromatic rings. The lowest BCUT2D eigenvalue weighted by molar-refractivity contribution is -0.138. The van der Waals surface area contributed by atoms with Gasteiger partial charge in [0.25, 0.3) is 0 Å².